The molecule has 0 radical (unpaired) electrons. The molecule has 1 aromatic heterocycles. The Bertz CT molecular complexity index is 699. The van der Waals surface area contributed by atoms with Crippen LogP contribution in [0, 0.1) is 12.1 Å². The Morgan fingerprint density at radius 2 is 1.83 bits per heavy atom. The van der Waals surface area contributed by atoms with E-state index < -0.39 is 5.91 Å². The minimum Gasteiger partial charge on any atom is -0.359 e. The van der Waals surface area contributed by atoms with Crippen LogP contribution in [-0.4, -0.2) is 30.1 Å². The summed E-state index contributed by atoms with van der Waals surface area (Å²) in [5, 5.41) is 20.3. The molecule has 2 N–H and O–H groups in total. The van der Waals surface area contributed by atoms with Gasteiger partial charge in [0.2, 0.25) is 5.69 Å². The summed E-state index contributed by atoms with van der Waals surface area (Å²) in [6, 6.07) is 6.54. The Labute approximate surface area is 136 Å². The van der Waals surface area contributed by atoms with Crippen molar-refractivity contribution in [3.05, 3.63) is 51.4 Å². The van der Waals surface area contributed by atoms with Gasteiger partial charge in [0.15, 0.2) is 0 Å². The van der Waals surface area contributed by atoms with Crippen molar-refractivity contribution in [2.24, 2.45) is 0 Å². The molecule has 0 aliphatic carbocycles. The summed E-state index contributed by atoms with van der Waals surface area (Å²) < 4.78 is 4.32. The second-order valence-electron chi connectivity index (χ2n) is 4.74. The Hall–Kier alpha value is -2.61. The molecule has 2 aromatic rings. The average molecular weight is 339 g/mol. The first-order valence-corrected chi connectivity index (χ1v) is 7.25. The maximum Gasteiger partial charge on any atom is 0.308 e. The first kappa shape index (κ1) is 16.8. The molecule has 0 aliphatic heterocycles. The van der Waals surface area contributed by atoms with Crippen molar-refractivity contribution in [1.82, 2.24) is 15.8 Å². The number of aromatic nitrogens is 2. The summed E-state index contributed by atoms with van der Waals surface area (Å²) in [5.74, 6) is -0.711. The van der Waals surface area contributed by atoms with Crippen LogP contribution < -0.4 is 15.5 Å². The number of carbonyl (C=O) groups excluding carboxylic acids is 2. The van der Waals surface area contributed by atoms with Gasteiger partial charge in [-0.2, -0.15) is 0 Å². The molecule has 9 heteroatoms. The van der Waals surface area contributed by atoms with E-state index in [-0.39, 0.29) is 22.2 Å². The minimum atomic E-state index is -0.495. The van der Waals surface area contributed by atoms with Crippen molar-refractivity contribution in [3.8, 4) is 0 Å². The number of benzene rings is 1. The Morgan fingerprint density at radius 1 is 1.22 bits per heavy atom. The van der Waals surface area contributed by atoms with E-state index in [2.05, 4.69) is 20.4 Å². The molecular weight excluding hydrogens is 324 g/mol. The van der Waals surface area contributed by atoms with Gasteiger partial charge >= 0.3 is 11.6 Å². The highest BCUT2D eigenvalue weighted by molar-refractivity contribution is 6.30. The highest BCUT2D eigenvalue weighted by Gasteiger charge is 2.21. The van der Waals surface area contributed by atoms with Crippen molar-refractivity contribution >= 4 is 23.4 Å². The summed E-state index contributed by atoms with van der Waals surface area (Å²) in [4.78, 5) is 23.7. The van der Waals surface area contributed by atoms with Crippen LogP contribution in [0.4, 0.5) is 0 Å². The molecule has 0 saturated carbocycles. The van der Waals surface area contributed by atoms with Gasteiger partial charge in [-0.3, -0.25) is 14.2 Å². The van der Waals surface area contributed by atoms with Crippen LogP contribution in [0.3, 0.4) is 0 Å². The van der Waals surface area contributed by atoms with E-state index in [4.69, 9.17) is 11.6 Å². The number of hydrogen-bond donors (Lipinski definition) is 2. The van der Waals surface area contributed by atoms with Gasteiger partial charge in [-0.1, -0.05) is 11.6 Å². The van der Waals surface area contributed by atoms with Crippen LogP contribution in [0.5, 0.6) is 0 Å². The third-order valence-electron chi connectivity index (χ3n) is 3.07. The van der Waals surface area contributed by atoms with E-state index in [0.717, 1.165) is 0 Å². The lowest BCUT2D eigenvalue weighted by Gasteiger charge is -2.05. The number of halogens is 1. The predicted octanol–water partition coefficient (Wildman–Crippen LogP) is 0.820. The summed E-state index contributed by atoms with van der Waals surface area (Å²) >= 11 is 5.75. The molecule has 0 spiro atoms. The molecule has 2 rings (SSSR count). The Balaban J connectivity index is 1.69. The lowest BCUT2D eigenvalue weighted by molar-refractivity contribution is -0.806. The second-order valence-corrected chi connectivity index (χ2v) is 5.17. The number of amides is 2. The predicted molar refractivity (Wildman–Crippen MR) is 80.9 cm³/mol. The number of rotatable bonds is 6. The molecule has 0 unspecified atom stereocenters. The SMILES string of the molecule is Cc1c(C(=O)NCCCNC(=O)c2ccc(Cl)cc2)no[n+]1[O-]. The highest BCUT2D eigenvalue weighted by atomic mass is 35.5. The molecule has 0 aliphatic rings. The molecule has 0 saturated heterocycles. The van der Waals surface area contributed by atoms with E-state index in [1.54, 1.807) is 24.3 Å². The second kappa shape index (κ2) is 7.59. The van der Waals surface area contributed by atoms with Crippen molar-refractivity contribution in [3.63, 3.8) is 0 Å². The van der Waals surface area contributed by atoms with E-state index in [9.17, 15) is 14.8 Å². The van der Waals surface area contributed by atoms with Gasteiger partial charge < -0.3 is 15.8 Å². The normalized spacial score (nSPS) is 10.3. The summed E-state index contributed by atoms with van der Waals surface area (Å²) in [5.41, 5.74) is 0.556. The molecule has 1 heterocycles. The minimum absolute atomic E-state index is 0.0507. The molecule has 122 valence electrons. The smallest absolute Gasteiger partial charge is 0.308 e. The molecule has 23 heavy (non-hydrogen) atoms. The average Bonchev–Trinajstić information content (AvgIpc) is 2.87. The third kappa shape index (κ3) is 4.43. The first-order chi connectivity index (χ1) is 11.0. The summed E-state index contributed by atoms with van der Waals surface area (Å²) in [7, 11) is 0. The molecule has 8 nitrogen and oxygen atoms in total. The van der Waals surface area contributed by atoms with Crippen molar-refractivity contribution in [2.75, 3.05) is 13.1 Å². The van der Waals surface area contributed by atoms with Crippen LogP contribution in [0.1, 0.15) is 33.0 Å². The van der Waals surface area contributed by atoms with E-state index in [1.165, 1.54) is 6.92 Å². The van der Waals surface area contributed by atoms with Crippen LogP contribution in [0.25, 0.3) is 0 Å². The quantitative estimate of drug-likeness (QED) is 0.598. The zero-order valence-corrected chi connectivity index (χ0v) is 13.1. The van der Waals surface area contributed by atoms with E-state index >= 15 is 0 Å². The maximum absolute atomic E-state index is 11.8. The molecule has 0 fully saturated rings. The van der Waals surface area contributed by atoms with Gasteiger partial charge in [-0.15, -0.1) is 0 Å². The van der Waals surface area contributed by atoms with Crippen LogP contribution in [0.2, 0.25) is 5.02 Å². The molecule has 2 amide bonds. The molecular formula is C14H15ClN4O4. The van der Waals surface area contributed by atoms with Gasteiger partial charge in [-0.25, -0.2) is 0 Å². The number of carbonyl (C=O) groups is 2. The van der Waals surface area contributed by atoms with Crippen LogP contribution >= 0.6 is 11.6 Å². The van der Waals surface area contributed by atoms with Crippen LogP contribution in [-0.2, 0) is 0 Å². The van der Waals surface area contributed by atoms with Crippen LogP contribution in [0.15, 0.2) is 28.9 Å². The third-order valence-corrected chi connectivity index (χ3v) is 3.32. The van der Waals surface area contributed by atoms with Gasteiger partial charge in [0, 0.05) is 30.6 Å². The monoisotopic (exact) mass is 338 g/mol. The van der Waals surface area contributed by atoms with Crippen molar-refractivity contribution < 1.29 is 19.1 Å². The van der Waals surface area contributed by atoms with Crippen molar-refractivity contribution in [1.29, 1.82) is 0 Å². The number of nitrogens with zero attached hydrogens (tertiary/aromatic N) is 2. The molecule has 0 bridgehead atoms. The van der Waals surface area contributed by atoms with Gasteiger partial charge in [-0.05, 0) is 35.6 Å². The highest BCUT2D eigenvalue weighted by Crippen LogP contribution is 2.09. The van der Waals surface area contributed by atoms with Gasteiger partial charge in [0.25, 0.3) is 5.91 Å². The van der Waals surface area contributed by atoms with Crippen molar-refractivity contribution in [2.45, 2.75) is 13.3 Å². The molecule has 0 atom stereocenters. The number of hydrogen-bond acceptors (Lipinski definition) is 5. The Morgan fingerprint density at radius 3 is 2.39 bits per heavy atom. The topological polar surface area (TPSA) is 111 Å². The lowest BCUT2D eigenvalue weighted by Crippen LogP contribution is -2.32. The zero-order chi connectivity index (χ0) is 16.8. The first-order valence-electron chi connectivity index (χ1n) is 6.87. The lowest BCUT2D eigenvalue weighted by atomic mass is 10.2. The van der Waals surface area contributed by atoms with Gasteiger partial charge in [0.05, 0.1) is 5.16 Å². The molecule has 1 aromatic carbocycles. The zero-order valence-electron chi connectivity index (χ0n) is 12.3. The summed E-state index contributed by atoms with van der Waals surface area (Å²) in [6.45, 7) is 2.15. The fraction of sp³-hybridized carbons (Fsp3) is 0.286. The fourth-order valence-corrected chi connectivity index (χ4v) is 1.90. The van der Waals surface area contributed by atoms with E-state index in [1.807, 2.05) is 0 Å². The summed E-state index contributed by atoms with van der Waals surface area (Å²) in [6.07, 6.45) is 0.527. The standard InChI is InChI=1S/C14H15ClN4O4/c1-9-12(18-23-19(9)22)14(21)17-8-2-7-16-13(20)10-3-5-11(15)6-4-10/h3-6H,2,7-8H2,1H3,(H,16,20)(H,17,21). The van der Waals surface area contributed by atoms with E-state index in [0.29, 0.717) is 30.1 Å². The van der Waals surface area contributed by atoms with Gasteiger partial charge in [0.1, 0.15) is 0 Å². The Kier molecular flexibility index (Phi) is 5.53. The maximum atomic E-state index is 11.8. The largest absolute Gasteiger partial charge is 0.359 e. The fourth-order valence-electron chi connectivity index (χ4n) is 1.78. The number of nitrogens with one attached hydrogen (secondary N) is 2.